The summed E-state index contributed by atoms with van der Waals surface area (Å²) in [5, 5.41) is 13.6. The van der Waals surface area contributed by atoms with Crippen molar-refractivity contribution in [3.8, 4) is 0 Å². The molecule has 4 nitrogen and oxygen atoms in total. The molecule has 3 rings (SSSR count). The largest absolute Gasteiger partial charge is 0.390 e. The molecular formula is C14H27N3O. The number of hydrogen-bond donors (Lipinski definition) is 2. The molecule has 2 saturated heterocycles. The molecule has 2 aliphatic heterocycles. The SMILES string of the molecule is OC(CNC1CCN(C2CC2)C1)CN1CCCC1. The zero-order chi connectivity index (χ0) is 12.4. The maximum Gasteiger partial charge on any atom is 0.0791 e. The van der Waals surface area contributed by atoms with Crippen molar-refractivity contribution in [2.24, 2.45) is 0 Å². The third-order valence-electron chi connectivity index (χ3n) is 4.59. The summed E-state index contributed by atoms with van der Waals surface area (Å²) < 4.78 is 0. The van der Waals surface area contributed by atoms with E-state index in [0.29, 0.717) is 6.04 Å². The van der Waals surface area contributed by atoms with Crippen LogP contribution in [-0.4, -0.2) is 72.4 Å². The monoisotopic (exact) mass is 253 g/mol. The van der Waals surface area contributed by atoms with Gasteiger partial charge in [0.05, 0.1) is 6.10 Å². The molecule has 18 heavy (non-hydrogen) atoms. The highest BCUT2D eigenvalue weighted by Gasteiger charge is 2.34. The van der Waals surface area contributed by atoms with Gasteiger partial charge < -0.3 is 15.3 Å². The maximum absolute atomic E-state index is 10.0. The normalized spacial score (nSPS) is 32.2. The van der Waals surface area contributed by atoms with Gasteiger partial charge in [-0.2, -0.15) is 0 Å². The van der Waals surface area contributed by atoms with E-state index in [4.69, 9.17) is 0 Å². The van der Waals surface area contributed by atoms with Gasteiger partial charge in [-0.3, -0.25) is 4.90 Å². The fourth-order valence-electron chi connectivity index (χ4n) is 3.36. The zero-order valence-corrected chi connectivity index (χ0v) is 11.4. The lowest BCUT2D eigenvalue weighted by atomic mass is 10.2. The first-order valence-electron chi connectivity index (χ1n) is 7.69. The van der Waals surface area contributed by atoms with E-state index in [2.05, 4.69) is 15.1 Å². The minimum Gasteiger partial charge on any atom is -0.390 e. The van der Waals surface area contributed by atoms with Crippen LogP contribution in [0.1, 0.15) is 32.1 Å². The summed E-state index contributed by atoms with van der Waals surface area (Å²) in [6.07, 6.45) is 6.48. The molecule has 3 aliphatic rings. The summed E-state index contributed by atoms with van der Waals surface area (Å²) >= 11 is 0. The molecule has 1 aliphatic carbocycles. The molecule has 1 saturated carbocycles. The molecule has 0 bridgehead atoms. The highest BCUT2D eigenvalue weighted by atomic mass is 16.3. The van der Waals surface area contributed by atoms with Crippen LogP contribution in [0.15, 0.2) is 0 Å². The van der Waals surface area contributed by atoms with Crippen LogP contribution in [0.4, 0.5) is 0 Å². The third-order valence-corrected chi connectivity index (χ3v) is 4.59. The molecule has 3 fully saturated rings. The van der Waals surface area contributed by atoms with Crippen LogP contribution in [0.25, 0.3) is 0 Å². The summed E-state index contributed by atoms with van der Waals surface area (Å²) in [5.41, 5.74) is 0. The highest BCUT2D eigenvalue weighted by Crippen LogP contribution is 2.29. The molecule has 0 aromatic heterocycles. The second-order valence-electron chi connectivity index (χ2n) is 6.28. The van der Waals surface area contributed by atoms with Crippen molar-refractivity contribution in [3.63, 3.8) is 0 Å². The van der Waals surface area contributed by atoms with Crippen LogP contribution in [0, 0.1) is 0 Å². The quantitative estimate of drug-likeness (QED) is 0.713. The topological polar surface area (TPSA) is 38.7 Å². The Morgan fingerprint density at radius 1 is 1.11 bits per heavy atom. The van der Waals surface area contributed by atoms with E-state index in [0.717, 1.165) is 19.1 Å². The number of hydrogen-bond acceptors (Lipinski definition) is 4. The van der Waals surface area contributed by atoms with Gasteiger partial charge in [-0.25, -0.2) is 0 Å². The van der Waals surface area contributed by atoms with Gasteiger partial charge in [0, 0.05) is 38.3 Å². The Balaban J connectivity index is 1.31. The van der Waals surface area contributed by atoms with Gasteiger partial charge in [0.15, 0.2) is 0 Å². The lowest BCUT2D eigenvalue weighted by molar-refractivity contribution is 0.120. The predicted molar refractivity (Wildman–Crippen MR) is 72.7 cm³/mol. The van der Waals surface area contributed by atoms with Crippen molar-refractivity contribution < 1.29 is 5.11 Å². The van der Waals surface area contributed by atoms with Gasteiger partial charge in [0.2, 0.25) is 0 Å². The maximum atomic E-state index is 10.0. The van der Waals surface area contributed by atoms with Gasteiger partial charge in [-0.1, -0.05) is 0 Å². The van der Waals surface area contributed by atoms with Gasteiger partial charge in [-0.15, -0.1) is 0 Å². The first kappa shape index (κ1) is 12.9. The lowest BCUT2D eigenvalue weighted by Gasteiger charge is -2.21. The second-order valence-corrected chi connectivity index (χ2v) is 6.28. The number of β-amino-alcohol motifs (C(OH)–C–C–N with tert-alkyl or cyclic N) is 1. The van der Waals surface area contributed by atoms with E-state index >= 15 is 0 Å². The van der Waals surface area contributed by atoms with E-state index in [9.17, 15) is 5.11 Å². The number of nitrogens with zero attached hydrogens (tertiary/aromatic N) is 2. The zero-order valence-electron chi connectivity index (χ0n) is 11.4. The summed E-state index contributed by atoms with van der Waals surface area (Å²) in [6, 6.07) is 1.50. The Hall–Kier alpha value is -0.160. The van der Waals surface area contributed by atoms with Crippen molar-refractivity contribution in [1.29, 1.82) is 0 Å². The average molecular weight is 253 g/mol. The molecule has 0 amide bonds. The van der Waals surface area contributed by atoms with Crippen molar-refractivity contribution >= 4 is 0 Å². The third kappa shape index (κ3) is 3.44. The lowest BCUT2D eigenvalue weighted by Crippen LogP contribution is -2.42. The van der Waals surface area contributed by atoms with Crippen LogP contribution >= 0.6 is 0 Å². The van der Waals surface area contributed by atoms with E-state index in [1.165, 1.54) is 58.3 Å². The highest BCUT2D eigenvalue weighted by molar-refractivity contribution is 4.92. The van der Waals surface area contributed by atoms with Crippen molar-refractivity contribution in [3.05, 3.63) is 0 Å². The van der Waals surface area contributed by atoms with E-state index in [1.54, 1.807) is 0 Å². The van der Waals surface area contributed by atoms with Crippen LogP contribution in [0.3, 0.4) is 0 Å². The Morgan fingerprint density at radius 3 is 2.61 bits per heavy atom. The Bertz CT molecular complexity index is 264. The fourth-order valence-corrected chi connectivity index (χ4v) is 3.36. The smallest absolute Gasteiger partial charge is 0.0791 e. The summed E-state index contributed by atoms with van der Waals surface area (Å²) in [7, 11) is 0. The molecule has 0 aromatic carbocycles. The van der Waals surface area contributed by atoms with Gasteiger partial charge in [0.1, 0.15) is 0 Å². The van der Waals surface area contributed by atoms with Crippen molar-refractivity contribution in [2.45, 2.75) is 50.3 Å². The molecule has 0 spiro atoms. The van der Waals surface area contributed by atoms with Crippen molar-refractivity contribution in [2.75, 3.05) is 39.3 Å². The molecule has 2 heterocycles. The minimum absolute atomic E-state index is 0.196. The minimum atomic E-state index is -0.196. The Labute approximate surface area is 110 Å². The number of aliphatic hydroxyl groups is 1. The van der Waals surface area contributed by atoms with E-state index in [-0.39, 0.29) is 6.10 Å². The summed E-state index contributed by atoms with van der Waals surface area (Å²) in [4.78, 5) is 5.00. The van der Waals surface area contributed by atoms with E-state index < -0.39 is 0 Å². The van der Waals surface area contributed by atoms with Crippen LogP contribution < -0.4 is 5.32 Å². The standard InChI is InChI=1S/C14H27N3O/c18-14(11-16-6-1-2-7-16)9-15-12-5-8-17(10-12)13-3-4-13/h12-15,18H,1-11H2. The molecule has 2 N–H and O–H groups in total. The van der Waals surface area contributed by atoms with Crippen LogP contribution in [0.2, 0.25) is 0 Å². The van der Waals surface area contributed by atoms with Gasteiger partial charge in [-0.05, 0) is 45.2 Å². The Morgan fingerprint density at radius 2 is 1.89 bits per heavy atom. The predicted octanol–water partition coefficient (Wildman–Crippen LogP) is 0.269. The van der Waals surface area contributed by atoms with Crippen LogP contribution in [-0.2, 0) is 0 Å². The van der Waals surface area contributed by atoms with Gasteiger partial charge >= 0.3 is 0 Å². The fraction of sp³-hybridized carbons (Fsp3) is 1.00. The number of nitrogens with one attached hydrogen (secondary N) is 1. The first-order chi connectivity index (χ1) is 8.81. The Kier molecular flexibility index (Phi) is 4.19. The number of aliphatic hydroxyl groups excluding tert-OH is 1. The molecule has 104 valence electrons. The van der Waals surface area contributed by atoms with E-state index in [1.807, 2.05) is 0 Å². The van der Waals surface area contributed by atoms with Crippen LogP contribution in [0.5, 0.6) is 0 Å². The molecular weight excluding hydrogens is 226 g/mol. The number of likely N-dealkylation sites (tertiary alicyclic amines) is 2. The van der Waals surface area contributed by atoms with Crippen molar-refractivity contribution in [1.82, 2.24) is 15.1 Å². The molecule has 0 radical (unpaired) electrons. The molecule has 4 heteroatoms. The second kappa shape index (κ2) is 5.87. The van der Waals surface area contributed by atoms with Gasteiger partial charge in [0.25, 0.3) is 0 Å². The number of rotatable bonds is 6. The first-order valence-corrected chi connectivity index (χ1v) is 7.69. The average Bonchev–Trinajstić information content (AvgIpc) is 2.90. The molecule has 0 aromatic rings. The molecule has 2 atom stereocenters. The summed E-state index contributed by atoms with van der Waals surface area (Å²) in [6.45, 7) is 6.42. The summed E-state index contributed by atoms with van der Waals surface area (Å²) in [5.74, 6) is 0. The molecule has 2 unspecified atom stereocenters.